The van der Waals surface area contributed by atoms with Gasteiger partial charge in [0.05, 0.1) is 0 Å². The maximum Gasteiger partial charge on any atom is 0.0477 e. The molecule has 0 aromatic carbocycles. The van der Waals surface area contributed by atoms with E-state index in [0.717, 1.165) is 44.1 Å². The normalized spacial score (nSPS) is 31.8. The zero-order chi connectivity index (χ0) is 11.1. The van der Waals surface area contributed by atoms with Crippen LogP contribution in [0.4, 0.5) is 0 Å². The minimum absolute atomic E-state index is 0.746. The second-order valence-electron chi connectivity index (χ2n) is 4.88. The number of hydrogen-bond acceptors (Lipinski definition) is 2. The molecule has 2 nitrogen and oxygen atoms in total. The second-order valence-corrected chi connectivity index (χ2v) is 4.88. The third kappa shape index (κ3) is 4.52. The Kier molecular flexibility index (Phi) is 6.26. The Labute approximate surface area is 94.8 Å². The van der Waals surface area contributed by atoms with E-state index in [0.29, 0.717) is 0 Å². The standard InChI is InChI=1S/C13H27NO/c1-4-15-10-6-9-14-13-8-5-7-11(2)12(13)3/h11-14H,4-10H2,1-3H3. The molecule has 0 aromatic heterocycles. The largest absolute Gasteiger partial charge is 0.382 e. The molecule has 1 N–H and O–H groups in total. The van der Waals surface area contributed by atoms with Crippen molar-refractivity contribution >= 4 is 0 Å². The Bertz CT molecular complexity index is 161. The van der Waals surface area contributed by atoms with Crippen molar-refractivity contribution in [3.8, 4) is 0 Å². The van der Waals surface area contributed by atoms with E-state index < -0.39 is 0 Å². The van der Waals surface area contributed by atoms with Crippen LogP contribution in [0, 0.1) is 11.8 Å². The summed E-state index contributed by atoms with van der Waals surface area (Å²) < 4.78 is 5.33. The average Bonchev–Trinajstić information content (AvgIpc) is 2.24. The first kappa shape index (κ1) is 13.0. The summed E-state index contributed by atoms with van der Waals surface area (Å²) in [5.74, 6) is 1.73. The molecular formula is C13H27NO. The van der Waals surface area contributed by atoms with E-state index in [1.807, 2.05) is 0 Å². The molecule has 1 aliphatic rings. The van der Waals surface area contributed by atoms with Gasteiger partial charge in [-0.3, -0.25) is 0 Å². The molecule has 15 heavy (non-hydrogen) atoms. The molecule has 1 rings (SSSR count). The predicted molar refractivity (Wildman–Crippen MR) is 65.1 cm³/mol. The van der Waals surface area contributed by atoms with Crippen LogP contribution in [0.2, 0.25) is 0 Å². The van der Waals surface area contributed by atoms with Crippen LogP contribution in [-0.4, -0.2) is 25.8 Å². The average molecular weight is 213 g/mol. The molecule has 0 bridgehead atoms. The van der Waals surface area contributed by atoms with E-state index in [4.69, 9.17) is 4.74 Å². The Hall–Kier alpha value is -0.0800. The van der Waals surface area contributed by atoms with E-state index in [-0.39, 0.29) is 0 Å². The molecule has 0 heterocycles. The first-order chi connectivity index (χ1) is 7.25. The van der Waals surface area contributed by atoms with Crippen molar-refractivity contribution in [3.05, 3.63) is 0 Å². The zero-order valence-electron chi connectivity index (χ0n) is 10.6. The van der Waals surface area contributed by atoms with Crippen LogP contribution in [0.15, 0.2) is 0 Å². The lowest BCUT2D eigenvalue weighted by Crippen LogP contribution is -2.41. The van der Waals surface area contributed by atoms with Gasteiger partial charge in [-0.1, -0.05) is 26.7 Å². The molecule has 1 aliphatic carbocycles. The predicted octanol–water partition coefficient (Wildman–Crippen LogP) is 2.83. The molecule has 0 amide bonds. The summed E-state index contributed by atoms with van der Waals surface area (Å²) in [7, 11) is 0. The summed E-state index contributed by atoms with van der Waals surface area (Å²) in [5, 5.41) is 3.68. The van der Waals surface area contributed by atoms with E-state index in [1.165, 1.54) is 19.3 Å². The molecule has 3 unspecified atom stereocenters. The molecule has 1 saturated carbocycles. The minimum atomic E-state index is 0.746. The molecular weight excluding hydrogens is 186 g/mol. The van der Waals surface area contributed by atoms with Crippen LogP contribution in [0.1, 0.15) is 46.5 Å². The summed E-state index contributed by atoms with van der Waals surface area (Å²) >= 11 is 0. The highest BCUT2D eigenvalue weighted by molar-refractivity contribution is 4.81. The third-order valence-electron chi connectivity index (χ3n) is 3.78. The van der Waals surface area contributed by atoms with E-state index >= 15 is 0 Å². The van der Waals surface area contributed by atoms with Crippen LogP contribution in [0.5, 0.6) is 0 Å². The molecule has 0 aromatic rings. The lowest BCUT2D eigenvalue weighted by Gasteiger charge is -2.34. The Morgan fingerprint density at radius 1 is 1.27 bits per heavy atom. The van der Waals surface area contributed by atoms with Crippen molar-refractivity contribution in [2.45, 2.75) is 52.5 Å². The van der Waals surface area contributed by atoms with E-state index in [9.17, 15) is 0 Å². The van der Waals surface area contributed by atoms with Gasteiger partial charge < -0.3 is 10.1 Å². The van der Waals surface area contributed by atoms with Gasteiger partial charge in [0.25, 0.3) is 0 Å². The highest BCUT2D eigenvalue weighted by Gasteiger charge is 2.25. The summed E-state index contributed by atoms with van der Waals surface area (Å²) in [6.07, 6.45) is 5.32. The van der Waals surface area contributed by atoms with Crippen LogP contribution in [-0.2, 0) is 4.74 Å². The molecule has 0 aliphatic heterocycles. The van der Waals surface area contributed by atoms with Gasteiger partial charge in [-0.25, -0.2) is 0 Å². The number of rotatable bonds is 6. The summed E-state index contributed by atoms with van der Waals surface area (Å²) in [6, 6.07) is 0.746. The fourth-order valence-electron chi connectivity index (χ4n) is 2.48. The van der Waals surface area contributed by atoms with Gasteiger partial charge in [0.15, 0.2) is 0 Å². The Balaban J connectivity index is 2.09. The third-order valence-corrected chi connectivity index (χ3v) is 3.78. The maximum absolute atomic E-state index is 5.33. The number of nitrogens with one attached hydrogen (secondary N) is 1. The molecule has 90 valence electrons. The fraction of sp³-hybridized carbons (Fsp3) is 1.00. The molecule has 0 saturated heterocycles. The second kappa shape index (κ2) is 7.24. The van der Waals surface area contributed by atoms with Gasteiger partial charge in [-0.15, -0.1) is 0 Å². The van der Waals surface area contributed by atoms with Crippen molar-refractivity contribution in [3.63, 3.8) is 0 Å². The molecule has 3 atom stereocenters. The minimum Gasteiger partial charge on any atom is -0.382 e. The van der Waals surface area contributed by atoms with Crippen LogP contribution >= 0.6 is 0 Å². The van der Waals surface area contributed by atoms with Crippen LogP contribution in [0.3, 0.4) is 0 Å². The van der Waals surface area contributed by atoms with E-state index in [2.05, 4.69) is 26.1 Å². The molecule has 1 fully saturated rings. The summed E-state index contributed by atoms with van der Waals surface area (Å²) in [6.45, 7) is 9.69. The van der Waals surface area contributed by atoms with Gasteiger partial charge in [0.2, 0.25) is 0 Å². The van der Waals surface area contributed by atoms with Crippen molar-refractivity contribution in [2.75, 3.05) is 19.8 Å². The Morgan fingerprint density at radius 3 is 2.80 bits per heavy atom. The number of ether oxygens (including phenoxy) is 1. The molecule has 2 heteroatoms. The van der Waals surface area contributed by atoms with Gasteiger partial charge in [0, 0.05) is 19.3 Å². The topological polar surface area (TPSA) is 21.3 Å². The van der Waals surface area contributed by atoms with E-state index in [1.54, 1.807) is 0 Å². The lowest BCUT2D eigenvalue weighted by atomic mass is 9.78. The quantitative estimate of drug-likeness (QED) is 0.685. The van der Waals surface area contributed by atoms with Gasteiger partial charge in [0.1, 0.15) is 0 Å². The number of hydrogen-bond donors (Lipinski definition) is 1. The monoisotopic (exact) mass is 213 g/mol. The fourth-order valence-corrected chi connectivity index (χ4v) is 2.48. The first-order valence-electron chi connectivity index (χ1n) is 6.56. The van der Waals surface area contributed by atoms with Crippen LogP contribution < -0.4 is 5.32 Å². The SMILES string of the molecule is CCOCCCNC1CCCC(C)C1C. The van der Waals surface area contributed by atoms with Crippen molar-refractivity contribution in [2.24, 2.45) is 11.8 Å². The lowest BCUT2D eigenvalue weighted by molar-refractivity contribution is 0.140. The Morgan fingerprint density at radius 2 is 2.07 bits per heavy atom. The van der Waals surface area contributed by atoms with Crippen molar-refractivity contribution in [1.82, 2.24) is 5.32 Å². The highest BCUT2D eigenvalue weighted by atomic mass is 16.5. The van der Waals surface area contributed by atoms with Crippen LogP contribution in [0.25, 0.3) is 0 Å². The highest BCUT2D eigenvalue weighted by Crippen LogP contribution is 2.29. The van der Waals surface area contributed by atoms with Gasteiger partial charge >= 0.3 is 0 Å². The first-order valence-corrected chi connectivity index (χ1v) is 6.56. The van der Waals surface area contributed by atoms with Gasteiger partial charge in [-0.2, -0.15) is 0 Å². The zero-order valence-corrected chi connectivity index (χ0v) is 10.6. The molecule has 0 spiro atoms. The van der Waals surface area contributed by atoms with Crippen molar-refractivity contribution < 1.29 is 4.74 Å². The summed E-state index contributed by atoms with van der Waals surface area (Å²) in [4.78, 5) is 0. The van der Waals surface area contributed by atoms with Gasteiger partial charge in [-0.05, 0) is 38.1 Å². The molecule has 0 radical (unpaired) electrons. The smallest absolute Gasteiger partial charge is 0.0477 e. The maximum atomic E-state index is 5.33. The van der Waals surface area contributed by atoms with Crippen molar-refractivity contribution in [1.29, 1.82) is 0 Å². The summed E-state index contributed by atoms with van der Waals surface area (Å²) in [5.41, 5.74) is 0.